The molecule has 7 nitrogen and oxygen atoms in total. The number of nitrogens with zero attached hydrogens (tertiary/aromatic N) is 1. The lowest BCUT2D eigenvalue weighted by Crippen LogP contribution is -2.43. The van der Waals surface area contributed by atoms with Gasteiger partial charge >= 0.3 is 12.1 Å². The van der Waals surface area contributed by atoms with E-state index < -0.39 is 18.0 Å². The van der Waals surface area contributed by atoms with Crippen molar-refractivity contribution < 1.29 is 24.2 Å². The van der Waals surface area contributed by atoms with Crippen molar-refractivity contribution >= 4 is 18.0 Å². The molecule has 3 atom stereocenters. The van der Waals surface area contributed by atoms with E-state index in [1.165, 1.54) is 11.1 Å². The van der Waals surface area contributed by atoms with Crippen LogP contribution in [0.15, 0.2) is 48.5 Å². The number of hydrogen-bond acceptors (Lipinski definition) is 4. The van der Waals surface area contributed by atoms with Crippen LogP contribution in [0, 0.1) is 17.8 Å². The molecule has 2 N–H and O–H groups in total. The molecule has 0 bridgehead atoms. The predicted octanol–water partition coefficient (Wildman–Crippen LogP) is 4.51. The Morgan fingerprint density at radius 3 is 2.29 bits per heavy atom. The average Bonchev–Trinajstić information content (AvgIpc) is 3.46. The SMILES string of the molecule is CCN(CC(C)C(=O)O)C(=O)[C@H]1CCC[C@H]1CNC(=O)OCC1c2ccccc2-c2ccccc21. The Morgan fingerprint density at radius 2 is 1.69 bits per heavy atom. The fourth-order valence-electron chi connectivity index (χ4n) is 5.49. The molecule has 2 aliphatic rings. The first kappa shape index (κ1) is 24.8. The van der Waals surface area contributed by atoms with E-state index in [0.29, 0.717) is 13.1 Å². The molecule has 186 valence electrons. The summed E-state index contributed by atoms with van der Waals surface area (Å²) in [6.07, 6.45) is 2.05. The Kier molecular flexibility index (Phi) is 7.73. The van der Waals surface area contributed by atoms with Crippen LogP contribution in [-0.2, 0) is 14.3 Å². The van der Waals surface area contributed by atoms with Gasteiger partial charge in [-0.1, -0.05) is 61.9 Å². The van der Waals surface area contributed by atoms with E-state index in [0.717, 1.165) is 30.4 Å². The predicted molar refractivity (Wildman–Crippen MR) is 133 cm³/mol. The minimum absolute atomic E-state index is 0.00305. The number of nitrogens with one attached hydrogen (secondary N) is 1. The Labute approximate surface area is 206 Å². The van der Waals surface area contributed by atoms with Crippen LogP contribution in [0.2, 0.25) is 0 Å². The first-order valence-corrected chi connectivity index (χ1v) is 12.5. The van der Waals surface area contributed by atoms with Gasteiger partial charge in [-0.25, -0.2) is 4.79 Å². The molecule has 1 saturated carbocycles. The number of amides is 2. The molecule has 0 aromatic heterocycles. The van der Waals surface area contributed by atoms with Crippen molar-refractivity contribution in [1.82, 2.24) is 10.2 Å². The minimum atomic E-state index is -0.906. The zero-order chi connectivity index (χ0) is 24.9. The summed E-state index contributed by atoms with van der Waals surface area (Å²) in [4.78, 5) is 38.5. The number of carbonyl (C=O) groups excluding carboxylic acids is 2. The van der Waals surface area contributed by atoms with E-state index in [4.69, 9.17) is 4.74 Å². The number of carbonyl (C=O) groups is 3. The number of hydrogen-bond donors (Lipinski definition) is 2. The number of carboxylic acid groups (broad SMARTS) is 1. The van der Waals surface area contributed by atoms with E-state index >= 15 is 0 Å². The Bertz CT molecular complexity index is 1040. The third-order valence-corrected chi connectivity index (χ3v) is 7.44. The highest BCUT2D eigenvalue weighted by Crippen LogP contribution is 2.44. The molecule has 7 heteroatoms. The van der Waals surface area contributed by atoms with Gasteiger partial charge < -0.3 is 20.1 Å². The van der Waals surface area contributed by atoms with E-state index in [-0.39, 0.29) is 36.8 Å². The molecule has 0 aliphatic heterocycles. The number of rotatable bonds is 9. The molecule has 2 aliphatic carbocycles. The zero-order valence-electron chi connectivity index (χ0n) is 20.4. The maximum Gasteiger partial charge on any atom is 0.407 e. The second kappa shape index (κ2) is 10.9. The van der Waals surface area contributed by atoms with Gasteiger partial charge in [-0.15, -0.1) is 0 Å². The van der Waals surface area contributed by atoms with Gasteiger partial charge in [0.25, 0.3) is 0 Å². The first-order valence-electron chi connectivity index (χ1n) is 12.5. The summed E-state index contributed by atoms with van der Waals surface area (Å²) in [5.41, 5.74) is 4.70. The molecule has 2 aromatic rings. The second-order valence-corrected chi connectivity index (χ2v) is 9.62. The molecule has 0 heterocycles. The Balaban J connectivity index is 1.32. The van der Waals surface area contributed by atoms with Gasteiger partial charge in [-0.2, -0.15) is 0 Å². The van der Waals surface area contributed by atoms with E-state index in [2.05, 4.69) is 29.6 Å². The number of benzene rings is 2. The van der Waals surface area contributed by atoms with Gasteiger partial charge in [0, 0.05) is 31.5 Å². The van der Waals surface area contributed by atoms with Crippen LogP contribution in [0.4, 0.5) is 4.79 Å². The monoisotopic (exact) mass is 478 g/mol. The van der Waals surface area contributed by atoms with E-state index in [9.17, 15) is 19.5 Å². The maximum absolute atomic E-state index is 13.1. The third kappa shape index (κ3) is 5.34. The molecule has 2 amide bonds. The van der Waals surface area contributed by atoms with Gasteiger partial charge in [-0.05, 0) is 47.9 Å². The number of aliphatic carboxylic acids is 1. The van der Waals surface area contributed by atoms with Crippen molar-refractivity contribution in [1.29, 1.82) is 0 Å². The molecule has 0 radical (unpaired) electrons. The first-order chi connectivity index (χ1) is 16.9. The van der Waals surface area contributed by atoms with Gasteiger partial charge in [0.2, 0.25) is 5.91 Å². The topological polar surface area (TPSA) is 95.9 Å². The molecule has 0 saturated heterocycles. The maximum atomic E-state index is 13.1. The smallest absolute Gasteiger partial charge is 0.407 e. The Hall–Kier alpha value is -3.35. The molecule has 1 fully saturated rings. The van der Waals surface area contributed by atoms with Gasteiger partial charge in [-0.3, -0.25) is 9.59 Å². The van der Waals surface area contributed by atoms with Crippen LogP contribution < -0.4 is 5.32 Å². The minimum Gasteiger partial charge on any atom is -0.481 e. The molecule has 0 spiro atoms. The third-order valence-electron chi connectivity index (χ3n) is 7.44. The lowest BCUT2D eigenvalue weighted by Gasteiger charge is -2.28. The molecule has 2 aromatic carbocycles. The van der Waals surface area contributed by atoms with Crippen molar-refractivity contribution in [3.05, 3.63) is 59.7 Å². The number of ether oxygens (including phenoxy) is 1. The second-order valence-electron chi connectivity index (χ2n) is 9.62. The van der Waals surface area contributed by atoms with E-state index in [1.54, 1.807) is 11.8 Å². The van der Waals surface area contributed by atoms with Crippen LogP contribution in [0.3, 0.4) is 0 Å². The average molecular weight is 479 g/mol. The van der Waals surface area contributed by atoms with Crippen LogP contribution in [0.5, 0.6) is 0 Å². The summed E-state index contributed by atoms with van der Waals surface area (Å²) in [6.45, 7) is 4.78. The largest absolute Gasteiger partial charge is 0.481 e. The van der Waals surface area contributed by atoms with Gasteiger partial charge in [0.05, 0.1) is 5.92 Å². The van der Waals surface area contributed by atoms with E-state index in [1.807, 2.05) is 31.2 Å². The fraction of sp³-hybridized carbons (Fsp3) is 0.464. The molecule has 1 unspecified atom stereocenters. The quantitative estimate of drug-likeness (QED) is 0.553. The summed E-state index contributed by atoms with van der Waals surface area (Å²) in [5.74, 6) is -1.71. The van der Waals surface area contributed by atoms with Crippen molar-refractivity contribution in [2.24, 2.45) is 17.8 Å². The van der Waals surface area contributed by atoms with Gasteiger partial charge in [0.1, 0.15) is 6.61 Å². The highest BCUT2D eigenvalue weighted by molar-refractivity contribution is 5.81. The molecular weight excluding hydrogens is 444 g/mol. The normalized spacial score (nSPS) is 19.5. The zero-order valence-corrected chi connectivity index (χ0v) is 20.4. The Morgan fingerprint density at radius 1 is 1.06 bits per heavy atom. The summed E-state index contributed by atoms with van der Waals surface area (Å²) < 4.78 is 5.63. The molecule has 35 heavy (non-hydrogen) atoms. The number of fused-ring (bicyclic) bond motifs is 3. The fourth-order valence-corrected chi connectivity index (χ4v) is 5.49. The number of carboxylic acids is 1. The summed E-state index contributed by atoms with van der Waals surface area (Å²) in [6, 6.07) is 16.4. The summed E-state index contributed by atoms with van der Waals surface area (Å²) in [7, 11) is 0. The highest BCUT2D eigenvalue weighted by atomic mass is 16.5. The summed E-state index contributed by atoms with van der Waals surface area (Å²) in [5, 5.41) is 12.1. The lowest BCUT2D eigenvalue weighted by atomic mass is 9.94. The molecular formula is C28H34N2O5. The van der Waals surface area contributed by atoms with Crippen LogP contribution in [0.1, 0.15) is 50.2 Å². The van der Waals surface area contributed by atoms with Crippen molar-refractivity contribution in [3.8, 4) is 11.1 Å². The van der Waals surface area contributed by atoms with Gasteiger partial charge in [0.15, 0.2) is 0 Å². The highest BCUT2D eigenvalue weighted by Gasteiger charge is 2.36. The van der Waals surface area contributed by atoms with Crippen molar-refractivity contribution in [2.75, 3.05) is 26.2 Å². The van der Waals surface area contributed by atoms with Crippen LogP contribution in [-0.4, -0.2) is 54.2 Å². The number of alkyl carbamates (subject to hydrolysis) is 1. The van der Waals surface area contributed by atoms with Crippen molar-refractivity contribution in [3.63, 3.8) is 0 Å². The molecule has 4 rings (SSSR count). The van der Waals surface area contributed by atoms with Crippen molar-refractivity contribution in [2.45, 2.75) is 39.0 Å². The van der Waals surface area contributed by atoms with Crippen LogP contribution in [0.25, 0.3) is 11.1 Å². The lowest BCUT2D eigenvalue weighted by molar-refractivity contribution is -0.144. The standard InChI is InChI=1S/C28H34N2O5/c1-3-30(16-18(2)27(32)33)26(31)20-14-8-9-19(20)15-29-28(34)35-17-25-23-12-6-4-10-21(23)22-11-5-7-13-24(22)25/h4-7,10-13,18-20,25H,3,8-9,14-17H2,1-2H3,(H,29,34)(H,32,33)/t18?,19-,20-/m0/s1. The summed E-state index contributed by atoms with van der Waals surface area (Å²) >= 11 is 0. The van der Waals surface area contributed by atoms with Crippen LogP contribution >= 0.6 is 0 Å².